The fourth-order valence-electron chi connectivity index (χ4n) is 10.4. The molecule has 0 saturated heterocycles. The normalized spacial score (nSPS) is 11.8. The maximum absolute atomic E-state index is 13.6. The summed E-state index contributed by atoms with van der Waals surface area (Å²) in [5, 5.41) is 29.5. The Balaban J connectivity index is 0.000000189. The summed E-state index contributed by atoms with van der Waals surface area (Å²) in [6.45, 7) is 9.12. The van der Waals surface area contributed by atoms with Crippen molar-refractivity contribution in [2.75, 3.05) is 0 Å². The van der Waals surface area contributed by atoms with Crippen LogP contribution in [0, 0.1) is 24.2 Å². The van der Waals surface area contributed by atoms with Crippen molar-refractivity contribution in [2.45, 2.75) is 89.0 Å². The predicted octanol–water partition coefficient (Wildman–Crippen LogP) is 17.5. The molecule has 4 heterocycles. The molecule has 0 aliphatic heterocycles. The molecule has 0 atom stereocenters. The molecular weight excluding hydrogens is 1440 g/mol. The second kappa shape index (κ2) is 32.9. The molecule has 25 heteroatoms. The largest absolute Gasteiger partial charge is 0.417 e. The van der Waals surface area contributed by atoms with Crippen molar-refractivity contribution in [1.82, 2.24) is 19.9 Å². The molecular formula is C79H63BrF12N4O8. The number of hydrogen-bond acceptors (Lipinski definition) is 8. The van der Waals surface area contributed by atoms with Crippen LogP contribution < -0.4 is 22.2 Å². The van der Waals surface area contributed by atoms with Crippen LogP contribution in [-0.2, 0) is 35.1 Å². The van der Waals surface area contributed by atoms with E-state index in [1.807, 2.05) is 60.7 Å². The van der Waals surface area contributed by atoms with E-state index in [2.05, 4.69) is 53.6 Å². The summed E-state index contributed by atoms with van der Waals surface area (Å²) in [5.41, 5.74) is -6.14. The van der Waals surface area contributed by atoms with E-state index in [-0.39, 0.29) is 60.9 Å². The monoisotopic (exact) mass is 1500 g/mol. The molecule has 0 bridgehead atoms. The van der Waals surface area contributed by atoms with Crippen molar-refractivity contribution in [2.24, 2.45) is 0 Å². The first-order chi connectivity index (χ1) is 48.5. The van der Waals surface area contributed by atoms with Gasteiger partial charge in [-0.1, -0.05) is 167 Å². The molecule has 4 aromatic heterocycles. The number of aromatic amines is 4. The molecule has 104 heavy (non-hydrogen) atoms. The van der Waals surface area contributed by atoms with Gasteiger partial charge in [0.1, 0.15) is 22.6 Å². The number of fused-ring (bicyclic) bond motifs is 4. The number of hydrogen-bond donors (Lipinski definition) is 7. The highest BCUT2D eigenvalue weighted by Crippen LogP contribution is 2.42. The van der Waals surface area contributed by atoms with Crippen molar-refractivity contribution >= 4 is 65.3 Å². The topological polar surface area (TPSA) is 209 Å². The first kappa shape index (κ1) is 80.2. The number of Topliss-reactive ketones (excluding diaryl/α,β-unsaturated/α-hetero) is 1. The van der Waals surface area contributed by atoms with Crippen LogP contribution >= 0.6 is 15.9 Å². The number of terminal acetylenes is 1. The Hall–Kier alpha value is -11.1. The molecule has 8 aromatic carbocycles. The number of H-pyrrole nitrogens is 4. The van der Waals surface area contributed by atoms with Crippen LogP contribution in [0.1, 0.15) is 109 Å². The van der Waals surface area contributed by atoms with E-state index in [9.17, 15) is 86.9 Å². The Morgan fingerprint density at radius 1 is 0.394 bits per heavy atom. The molecule has 0 amide bonds. The molecule has 7 N–H and O–H groups in total. The van der Waals surface area contributed by atoms with E-state index in [0.717, 1.165) is 16.7 Å². The Bertz CT molecular complexity index is 5290. The van der Waals surface area contributed by atoms with Crippen LogP contribution in [-0.4, -0.2) is 52.2 Å². The van der Waals surface area contributed by atoms with Gasteiger partial charge in [0.2, 0.25) is 22.2 Å². The van der Waals surface area contributed by atoms with Crippen LogP contribution in [0.2, 0.25) is 0 Å². The Morgan fingerprint density at radius 3 is 1.05 bits per heavy atom. The van der Waals surface area contributed by atoms with Crippen molar-refractivity contribution in [3.05, 3.63) is 325 Å². The van der Waals surface area contributed by atoms with Gasteiger partial charge in [0.25, 0.3) is 0 Å². The molecule has 0 aliphatic rings. The predicted molar refractivity (Wildman–Crippen MR) is 379 cm³/mol. The first-order valence-electron chi connectivity index (χ1n) is 31.0. The molecule has 12 rings (SSSR count). The molecule has 0 saturated carbocycles. The van der Waals surface area contributed by atoms with Crippen molar-refractivity contribution < 1.29 is 72.8 Å². The highest BCUT2D eigenvalue weighted by Gasteiger charge is 2.39. The van der Waals surface area contributed by atoms with Gasteiger partial charge in [-0.05, 0) is 136 Å². The van der Waals surface area contributed by atoms with Crippen LogP contribution in [0.25, 0.3) is 43.6 Å². The Labute approximate surface area is 593 Å². The lowest BCUT2D eigenvalue weighted by atomic mass is 9.80. The van der Waals surface area contributed by atoms with E-state index >= 15 is 0 Å². The van der Waals surface area contributed by atoms with Gasteiger partial charge in [0.05, 0.1) is 22.3 Å². The fraction of sp³-hybridized carbons (Fsp3) is 0.177. The number of nitrogens with one attached hydrogen (secondary N) is 4. The molecule has 0 spiro atoms. The second-order valence-corrected chi connectivity index (χ2v) is 25.2. The van der Waals surface area contributed by atoms with Gasteiger partial charge < -0.3 is 40.1 Å². The van der Waals surface area contributed by atoms with Gasteiger partial charge in [-0.3, -0.25) is 19.2 Å². The fourth-order valence-corrected chi connectivity index (χ4v) is 10.7. The maximum atomic E-state index is 13.6. The summed E-state index contributed by atoms with van der Waals surface area (Å²) in [4.78, 5) is 64.7. The summed E-state index contributed by atoms with van der Waals surface area (Å²) in [7, 11) is 0. The number of carbonyl (C=O) groups excluding carboxylic acids is 1. The number of alkyl halides is 12. The first-order valence-corrected chi connectivity index (χ1v) is 31.8. The van der Waals surface area contributed by atoms with E-state index in [4.69, 9.17) is 11.5 Å². The zero-order valence-corrected chi connectivity index (χ0v) is 57.3. The van der Waals surface area contributed by atoms with Crippen molar-refractivity contribution in [3.63, 3.8) is 0 Å². The maximum Gasteiger partial charge on any atom is 0.417 e. The van der Waals surface area contributed by atoms with Gasteiger partial charge in [-0.15, -0.1) is 6.42 Å². The number of aliphatic hydroxyl groups is 3. The summed E-state index contributed by atoms with van der Waals surface area (Å²) >= 11 is 3.09. The second-order valence-electron chi connectivity index (χ2n) is 24.3. The number of benzene rings is 8. The Kier molecular flexibility index (Phi) is 25.4. The average Bonchev–Trinajstić information content (AvgIpc) is 0.720. The van der Waals surface area contributed by atoms with Crippen molar-refractivity contribution in [3.8, 4) is 24.2 Å². The van der Waals surface area contributed by atoms with Gasteiger partial charge in [0, 0.05) is 83.8 Å². The number of aromatic nitrogens is 4. The van der Waals surface area contributed by atoms with Crippen LogP contribution in [0.5, 0.6) is 0 Å². The highest BCUT2D eigenvalue weighted by atomic mass is 79.9. The Morgan fingerprint density at radius 2 is 0.702 bits per heavy atom. The third-order valence-electron chi connectivity index (χ3n) is 14.8. The molecule has 538 valence electrons. The third-order valence-corrected chi connectivity index (χ3v) is 15.3. The number of halogens is 13. The number of carbonyl (C=O) groups is 1. The lowest BCUT2D eigenvalue weighted by Crippen LogP contribution is -2.29. The number of pyridine rings is 4. The van der Waals surface area contributed by atoms with Gasteiger partial charge in [-0.2, -0.15) is 52.7 Å². The third kappa shape index (κ3) is 21.7. The van der Waals surface area contributed by atoms with Gasteiger partial charge >= 0.3 is 24.7 Å². The summed E-state index contributed by atoms with van der Waals surface area (Å²) < 4.78 is 159. The number of rotatable bonds is 6. The molecule has 0 aliphatic carbocycles. The summed E-state index contributed by atoms with van der Waals surface area (Å²) in [6.07, 6.45) is -13.7. The molecule has 12 aromatic rings. The molecule has 0 fully saturated rings. The smallest absolute Gasteiger partial charge is 0.378 e. The minimum absolute atomic E-state index is 0.0125. The highest BCUT2D eigenvalue weighted by molar-refractivity contribution is 9.10. The van der Waals surface area contributed by atoms with E-state index in [0.29, 0.717) is 45.4 Å². The molecule has 0 radical (unpaired) electrons. The number of ketones is 1. The lowest BCUT2D eigenvalue weighted by molar-refractivity contribution is -0.137. The quantitative estimate of drug-likeness (QED) is 0.0483. The van der Waals surface area contributed by atoms with Gasteiger partial charge in [0.15, 0.2) is 0 Å². The zero-order chi connectivity index (χ0) is 76.9. The van der Waals surface area contributed by atoms with Crippen LogP contribution in [0.15, 0.2) is 242 Å². The average molecular weight is 1500 g/mol. The zero-order valence-electron chi connectivity index (χ0n) is 55.7. The summed E-state index contributed by atoms with van der Waals surface area (Å²) in [5.74, 6) is 7.24. The van der Waals surface area contributed by atoms with E-state index in [1.54, 1.807) is 92.7 Å². The van der Waals surface area contributed by atoms with Crippen LogP contribution in [0.4, 0.5) is 52.7 Å². The minimum Gasteiger partial charge on any atom is -0.378 e. The van der Waals surface area contributed by atoms with Crippen LogP contribution in [0.3, 0.4) is 0 Å². The van der Waals surface area contributed by atoms with E-state index in [1.165, 1.54) is 82.3 Å². The lowest BCUT2D eigenvalue weighted by Gasteiger charge is -2.30. The minimum atomic E-state index is -4.71. The standard InChI is InChI=1S/C23H16F3NO2.C23H16F3NO.C15H12F3NO2.C10H5BrF3NO.C5H8O.C3H6O/c24-23(25,26)19-14-21(28)27-20-12-11-17(13-18(19)20)22(29,15-7-3-1-4-8-15)16-9-5-2-6-10-16;24-23(25,26)19-14-21(28)27-20-12-11-17(13-18(19)20)22(15-7-3-1-4-8-15)16-9-5-2-6-10-16;1-14(2,21)6-5-9-3-4-12-10(7-9)11(15(16,17)18)8-13(20)19-12;11-5-1-2-8-6(3-5)7(10(12,13)14)4-9(16)15-8;1-4-5(2,3)6;1-3(2)4/h1-14,29H,(H,27,28);1-14,22H,(H,27,28);3-4,7-8,21H,1-2H3,(H,19,20);1-4H,(H,15,16);1,6H,2-3H3;1-2H3. The SMILES string of the molecule is C#CC(C)(C)O.CC(C)(O)C#Cc1ccc2[nH]c(=O)cc(C(F)(F)F)c2c1.CC(C)=O.O=c1cc(C(F)(F)F)c2cc(Br)ccc2[nH]1.O=c1cc(C(F)(F)F)c2cc(C(O)(c3ccccc3)c3ccccc3)ccc2[nH]1.O=c1cc(C(F)(F)F)c2cc(C(c3ccccc3)c3ccccc3)ccc2[nH]1. The molecule has 12 nitrogen and oxygen atoms in total. The molecule has 0 unspecified atom stereocenters. The van der Waals surface area contributed by atoms with Crippen molar-refractivity contribution in [1.29, 1.82) is 0 Å². The summed E-state index contributed by atoms with van der Waals surface area (Å²) in [6, 6.07) is 56.4. The van der Waals surface area contributed by atoms with Gasteiger partial charge in [-0.25, -0.2) is 0 Å². The van der Waals surface area contributed by atoms with E-state index < -0.39 is 86.0 Å².